The molecule has 9 heteroatoms. The van der Waals surface area contributed by atoms with E-state index in [1.165, 1.54) is 7.11 Å². The number of nitrogens with one attached hydrogen (secondary N) is 1. The van der Waals surface area contributed by atoms with Gasteiger partial charge in [0.05, 0.1) is 12.7 Å². The second-order valence-corrected chi connectivity index (χ2v) is 6.46. The minimum atomic E-state index is -0.417. The van der Waals surface area contributed by atoms with Crippen LogP contribution in [0.25, 0.3) is 0 Å². The van der Waals surface area contributed by atoms with Crippen molar-refractivity contribution in [3.8, 4) is 5.75 Å². The molecule has 1 aliphatic rings. The van der Waals surface area contributed by atoms with Gasteiger partial charge in [0, 0.05) is 12.6 Å². The lowest BCUT2D eigenvalue weighted by atomic mass is 10.2. The van der Waals surface area contributed by atoms with E-state index in [0.29, 0.717) is 23.9 Å². The van der Waals surface area contributed by atoms with Gasteiger partial charge in [-0.3, -0.25) is 9.69 Å². The molecule has 0 radical (unpaired) electrons. The van der Waals surface area contributed by atoms with Gasteiger partial charge in [0.15, 0.2) is 6.61 Å². The molecule has 3 rings (SSSR count). The fraction of sp³-hybridized carbons (Fsp3) is 0.474. The number of ether oxygens (including phenoxy) is 2. The molecule has 1 N–H and O–H groups in total. The van der Waals surface area contributed by atoms with Crippen LogP contribution in [0, 0.1) is 0 Å². The van der Waals surface area contributed by atoms with Crippen LogP contribution in [0.2, 0.25) is 0 Å². The third-order valence-electron chi connectivity index (χ3n) is 4.71. The molecule has 9 nitrogen and oxygen atoms in total. The summed E-state index contributed by atoms with van der Waals surface area (Å²) in [5.74, 6) is -0.0903. The van der Waals surface area contributed by atoms with E-state index in [1.807, 2.05) is 0 Å². The molecule has 1 fully saturated rings. The Hall–Kier alpha value is -2.94. The average molecular weight is 388 g/mol. The maximum Gasteiger partial charge on any atom is 0.337 e. The second kappa shape index (κ2) is 9.32. The van der Waals surface area contributed by atoms with Crippen LogP contribution in [0.4, 0.5) is 0 Å². The number of hydrogen-bond donors (Lipinski definition) is 1. The summed E-state index contributed by atoms with van der Waals surface area (Å²) in [4.78, 5) is 30.0. The third kappa shape index (κ3) is 4.86. The van der Waals surface area contributed by atoms with Gasteiger partial charge in [-0.25, -0.2) is 4.79 Å². The predicted molar refractivity (Wildman–Crippen MR) is 99.0 cm³/mol. The SMILES string of the molecule is CCN1CCC[C@@H]1CNC(=O)c1nc(COc2ccc(C(=O)OC)cc2)no1. The van der Waals surface area contributed by atoms with E-state index in [1.54, 1.807) is 24.3 Å². The van der Waals surface area contributed by atoms with Crippen LogP contribution in [-0.4, -0.2) is 59.7 Å². The zero-order valence-electron chi connectivity index (χ0n) is 16.0. The Kier molecular flexibility index (Phi) is 6.59. The van der Waals surface area contributed by atoms with Crippen LogP contribution in [0.5, 0.6) is 5.75 Å². The number of benzene rings is 1. The maximum absolute atomic E-state index is 12.2. The number of likely N-dealkylation sites (N-methyl/N-ethyl adjacent to an activating group) is 1. The fourth-order valence-electron chi connectivity index (χ4n) is 3.19. The minimum absolute atomic E-state index is 0.0423. The highest BCUT2D eigenvalue weighted by Gasteiger charge is 2.24. The first-order chi connectivity index (χ1) is 13.6. The zero-order valence-corrected chi connectivity index (χ0v) is 16.0. The van der Waals surface area contributed by atoms with Gasteiger partial charge in [0.2, 0.25) is 5.82 Å². The average Bonchev–Trinajstić information content (AvgIpc) is 3.39. The second-order valence-electron chi connectivity index (χ2n) is 6.46. The Morgan fingerprint density at radius 3 is 2.82 bits per heavy atom. The number of hydrogen-bond acceptors (Lipinski definition) is 8. The summed E-state index contributed by atoms with van der Waals surface area (Å²) < 4.78 is 15.2. The van der Waals surface area contributed by atoms with Gasteiger partial charge in [0.1, 0.15) is 5.75 Å². The number of likely N-dealkylation sites (tertiary alicyclic amines) is 1. The largest absolute Gasteiger partial charge is 0.485 e. The molecule has 1 aliphatic heterocycles. The molecule has 1 amide bonds. The van der Waals surface area contributed by atoms with E-state index in [2.05, 4.69) is 32.0 Å². The normalized spacial score (nSPS) is 16.7. The van der Waals surface area contributed by atoms with Crippen molar-refractivity contribution in [1.29, 1.82) is 0 Å². The number of rotatable bonds is 8. The van der Waals surface area contributed by atoms with Crippen molar-refractivity contribution < 1.29 is 23.6 Å². The van der Waals surface area contributed by atoms with Crippen molar-refractivity contribution in [1.82, 2.24) is 20.4 Å². The number of nitrogens with zero attached hydrogens (tertiary/aromatic N) is 3. The molecular weight excluding hydrogens is 364 g/mol. The van der Waals surface area contributed by atoms with E-state index in [9.17, 15) is 9.59 Å². The first-order valence-electron chi connectivity index (χ1n) is 9.26. The number of carbonyl (C=O) groups is 2. The first-order valence-corrected chi connectivity index (χ1v) is 9.26. The Bertz CT molecular complexity index is 805. The highest BCUT2D eigenvalue weighted by molar-refractivity contribution is 5.89. The summed E-state index contributed by atoms with van der Waals surface area (Å²) in [7, 11) is 1.32. The Labute approximate surface area is 163 Å². The Morgan fingerprint density at radius 2 is 2.11 bits per heavy atom. The lowest BCUT2D eigenvalue weighted by Crippen LogP contribution is -2.40. The standard InChI is InChI=1S/C19H24N4O5/c1-3-23-10-4-5-14(23)11-20-17(24)18-21-16(22-28-18)12-27-15-8-6-13(7-9-15)19(25)26-2/h6-9,14H,3-5,10-12H2,1-2H3,(H,20,24)/t14-/m1/s1. The summed E-state index contributed by atoms with van der Waals surface area (Å²) in [5.41, 5.74) is 0.428. The van der Waals surface area contributed by atoms with Gasteiger partial charge in [-0.05, 0) is 50.2 Å². The highest BCUT2D eigenvalue weighted by atomic mass is 16.5. The van der Waals surface area contributed by atoms with Crippen LogP contribution in [0.15, 0.2) is 28.8 Å². The van der Waals surface area contributed by atoms with Crippen molar-refractivity contribution in [2.75, 3.05) is 26.7 Å². The lowest BCUT2D eigenvalue weighted by Gasteiger charge is -2.22. The van der Waals surface area contributed by atoms with E-state index < -0.39 is 5.97 Å². The number of carbonyl (C=O) groups excluding carboxylic acids is 2. The molecule has 150 valence electrons. The summed E-state index contributed by atoms with van der Waals surface area (Å²) in [6, 6.07) is 6.83. The van der Waals surface area contributed by atoms with Crippen molar-refractivity contribution in [2.45, 2.75) is 32.4 Å². The van der Waals surface area contributed by atoms with Crippen LogP contribution < -0.4 is 10.1 Å². The van der Waals surface area contributed by atoms with E-state index in [-0.39, 0.29) is 24.2 Å². The number of aromatic nitrogens is 2. The predicted octanol–water partition coefficient (Wildman–Crippen LogP) is 1.65. The van der Waals surface area contributed by atoms with Crippen molar-refractivity contribution >= 4 is 11.9 Å². The maximum atomic E-state index is 12.2. The summed E-state index contributed by atoms with van der Waals surface area (Å²) in [6.45, 7) is 4.77. The summed E-state index contributed by atoms with van der Waals surface area (Å²) in [6.07, 6.45) is 2.23. The number of methoxy groups -OCH3 is 1. The van der Waals surface area contributed by atoms with Crippen LogP contribution in [-0.2, 0) is 11.3 Å². The highest BCUT2D eigenvalue weighted by Crippen LogP contribution is 2.16. The molecule has 1 saturated heterocycles. The van der Waals surface area contributed by atoms with E-state index in [4.69, 9.17) is 9.26 Å². The molecule has 1 atom stereocenters. The van der Waals surface area contributed by atoms with Crippen molar-refractivity contribution in [2.24, 2.45) is 0 Å². The molecule has 1 aromatic heterocycles. The molecule has 0 unspecified atom stereocenters. The van der Waals surface area contributed by atoms with Gasteiger partial charge in [-0.15, -0.1) is 0 Å². The smallest absolute Gasteiger partial charge is 0.337 e. The summed E-state index contributed by atoms with van der Waals surface area (Å²) >= 11 is 0. The van der Waals surface area contributed by atoms with Gasteiger partial charge < -0.3 is 19.3 Å². The van der Waals surface area contributed by atoms with E-state index in [0.717, 1.165) is 25.9 Å². The molecule has 0 aliphatic carbocycles. The molecule has 0 bridgehead atoms. The summed E-state index contributed by atoms with van der Waals surface area (Å²) in [5, 5.41) is 6.62. The molecule has 1 aromatic carbocycles. The fourth-order valence-corrected chi connectivity index (χ4v) is 3.19. The van der Waals surface area contributed by atoms with E-state index >= 15 is 0 Å². The van der Waals surface area contributed by atoms with Gasteiger partial charge >= 0.3 is 17.8 Å². The van der Waals surface area contributed by atoms with Crippen LogP contribution in [0.3, 0.4) is 0 Å². The third-order valence-corrected chi connectivity index (χ3v) is 4.71. The first kappa shape index (κ1) is 19.8. The molecule has 0 saturated carbocycles. The van der Waals surface area contributed by atoms with Crippen molar-refractivity contribution in [3.05, 3.63) is 41.5 Å². The van der Waals surface area contributed by atoms with Gasteiger partial charge in [-0.1, -0.05) is 12.1 Å². The Morgan fingerprint density at radius 1 is 1.32 bits per heavy atom. The van der Waals surface area contributed by atoms with Crippen molar-refractivity contribution in [3.63, 3.8) is 0 Å². The molecule has 0 spiro atoms. The number of esters is 1. The van der Waals surface area contributed by atoms with Gasteiger partial charge in [0.25, 0.3) is 0 Å². The monoisotopic (exact) mass is 388 g/mol. The number of amides is 1. The Balaban J connectivity index is 1.48. The topological polar surface area (TPSA) is 107 Å². The van der Waals surface area contributed by atoms with Crippen LogP contribution in [0.1, 0.15) is 46.6 Å². The van der Waals surface area contributed by atoms with Gasteiger partial charge in [-0.2, -0.15) is 4.98 Å². The molecule has 28 heavy (non-hydrogen) atoms. The minimum Gasteiger partial charge on any atom is -0.485 e. The molecule has 2 aromatic rings. The molecule has 2 heterocycles. The zero-order chi connectivity index (χ0) is 19.9. The van der Waals surface area contributed by atoms with Crippen LogP contribution >= 0.6 is 0 Å². The molecular formula is C19H24N4O5. The quantitative estimate of drug-likeness (QED) is 0.681. The lowest BCUT2D eigenvalue weighted by molar-refractivity contribution is 0.0600.